The number of ether oxygens (including phenoxy) is 1. The van der Waals surface area contributed by atoms with Gasteiger partial charge in [0.25, 0.3) is 0 Å². The van der Waals surface area contributed by atoms with Gasteiger partial charge in [-0.15, -0.1) is 0 Å². The molecule has 0 saturated heterocycles. The lowest BCUT2D eigenvalue weighted by Crippen LogP contribution is -2.07. The van der Waals surface area contributed by atoms with E-state index in [-0.39, 0.29) is 12.4 Å². The first kappa shape index (κ1) is 14.3. The number of rotatable bonds is 5. The molecule has 0 N–H and O–H groups in total. The van der Waals surface area contributed by atoms with Gasteiger partial charge in [-0.05, 0) is 30.2 Å². The Hall–Kier alpha value is -2.62. The lowest BCUT2D eigenvalue weighted by atomic mass is 10.1. The van der Waals surface area contributed by atoms with E-state index in [0.717, 1.165) is 16.6 Å². The maximum atomic E-state index is 11.5. The van der Waals surface area contributed by atoms with Crippen LogP contribution in [0.2, 0.25) is 0 Å². The monoisotopic (exact) mass is 295 g/mol. The van der Waals surface area contributed by atoms with Crippen LogP contribution in [-0.4, -0.2) is 17.6 Å². The quantitative estimate of drug-likeness (QED) is 0.676. The zero-order chi connectivity index (χ0) is 15.4. The van der Waals surface area contributed by atoms with E-state index >= 15 is 0 Å². The van der Waals surface area contributed by atoms with Gasteiger partial charge < -0.3 is 9.15 Å². The SMILES string of the molecule is CCOC(=O)Cc1ccc2nc(Cc3ccccc3)oc2c1. The molecular formula is C18H17NO3. The average Bonchev–Trinajstić information content (AvgIpc) is 2.90. The highest BCUT2D eigenvalue weighted by Crippen LogP contribution is 2.19. The lowest BCUT2D eigenvalue weighted by molar-refractivity contribution is -0.142. The molecule has 112 valence electrons. The van der Waals surface area contributed by atoms with E-state index < -0.39 is 0 Å². The summed E-state index contributed by atoms with van der Waals surface area (Å²) in [4.78, 5) is 16.0. The number of aromatic nitrogens is 1. The van der Waals surface area contributed by atoms with Crippen LogP contribution in [0.15, 0.2) is 52.9 Å². The van der Waals surface area contributed by atoms with Gasteiger partial charge in [-0.3, -0.25) is 4.79 Å². The minimum Gasteiger partial charge on any atom is -0.466 e. The Labute approximate surface area is 128 Å². The molecule has 0 aliphatic heterocycles. The smallest absolute Gasteiger partial charge is 0.310 e. The van der Waals surface area contributed by atoms with Gasteiger partial charge in [0.1, 0.15) is 5.52 Å². The third-order valence-corrected chi connectivity index (χ3v) is 3.35. The maximum Gasteiger partial charge on any atom is 0.310 e. The maximum absolute atomic E-state index is 11.5. The van der Waals surface area contributed by atoms with Crippen molar-refractivity contribution >= 4 is 17.1 Å². The highest BCUT2D eigenvalue weighted by Gasteiger charge is 2.09. The van der Waals surface area contributed by atoms with Gasteiger partial charge in [0.05, 0.1) is 13.0 Å². The topological polar surface area (TPSA) is 52.3 Å². The molecule has 4 heteroatoms. The van der Waals surface area contributed by atoms with Crippen molar-refractivity contribution in [3.05, 3.63) is 65.5 Å². The van der Waals surface area contributed by atoms with Crippen molar-refractivity contribution in [3.63, 3.8) is 0 Å². The molecule has 0 aliphatic rings. The number of benzene rings is 2. The molecule has 0 bridgehead atoms. The van der Waals surface area contributed by atoms with Crippen molar-refractivity contribution in [1.82, 2.24) is 4.98 Å². The van der Waals surface area contributed by atoms with Crippen LogP contribution < -0.4 is 0 Å². The standard InChI is InChI=1S/C18H17NO3/c1-2-21-18(20)12-14-8-9-15-16(10-14)22-17(19-15)11-13-6-4-3-5-7-13/h3-10H,2,11-12H2,1H3. The number of nitrogens with zero attached hydrogens (tertiary/aromatic N) is 1. The van der Waals surface area contributed by atoms with Crippen LogP contribution in [-0.2, 0) is 22.4 Å². The molecule has 0 aliphatic carbocycles. The number of hydrogen-bond donors (Lipinski definition) is 0. The van der Waals surface area contributed by atoms with E-state index in [0.29, 0.717) is 24.5 Å². The van der Waals surface area contributed by atoms with Crippen LogP contribution in [0.1, 0.15) is 23.9 Å². The second-order valence-electron chi connectivity index (χ2n) is 5.05. The number of hydrogen-bond acceptors (Lipinski definition) is 4. The number of carbonyl (C=O) groups excluding carboxylic acids is 1. The van der Waals surface area contributed by atoms with Crippen molar-refractivity contribution in [3.8, 4) is 0 Å². The molecule has 3 rings (SSSR count). The molecule has 22 heavy (non-hydrogen) atoms. The van der Waals surface area contributed by atoms with E-state index in [1.807, 2.05) is 48.5 Å². The van der Waals surface area contributed by atoms with Crippen molar-refractivity contribution in [2.75, 3.05) is 6.61 Å². The molecule has 0 radical (unpaired) electrons. The molecule has 0 unspecified atom stereocenters. The predicted octanol–water partition coefficient (Wildman–Crippen LogP) is 3.52. The average molecular weight is 295 g/mol. The summed E-state index contributed by atoms with van der Waals surface area (Å²) in [6.45, 7) is 2.19. The zero-order valence-electron chi connectivity index (χ0n) is 12.4. The van der Waals surface area contributed by atoms with Crippen LogP contribution in [0.25, 0.3) is 11.1 Å². The van der Waals surface area contributed by atoms with Crippen molar-refractivity contribution < 1.29 is 13.9 Å². The Morgan fingerprint density at radius 2 is 1.95 bits per heavy atom. The predicted molar refractivity (Wildman–Crippen MR) is 83.6 cm³/mol. The highest BCUT2D eigenvalue weighted by molar-refractivity contribution is 5.77. The van der Waals surface area contributed by atoms with Gasteiger partial charge in [-0.1, -0.05) is 36.4 Å². The number of oxazole rings is 1. The summed E-state index contributed by atoms with van der Waals surface area (Å²) in [6, 6.07) is 15.7. The third-order valence-electron chi connectivity index (χ3n) is 3.35. The molecule has 1 aromatic heterocycles. The minimum absolute atomic E-state index is 0.231. The Kier molecular flexibility index (Phi) is 4.19. The molecule has 1 heterocycles. The summed E-state index contributed by atoms with van der Waals surface area (Å²) < 4.78 is 10.7. The zero-order valence-corrected chi connectivity index (χ0v) is 12.4. The molecule has 0 amide bonds. The molecule has 0 saturated carbocycles. The summed E-state index contributed by atoms with van der Waals surface area (Å²) in [5.74, 6) is 0.445. The fraction of sp³-hybridized carbons (Fsp3) is 0.222. The Morgan fingerprint density at radius 3 is 2.73 bits per heavy atom. The first-order chi connectivity index (χ1) is 10.7. The third kappa shape index (κ3) is 3.34. The number of carbonyl (C=O) groups is 1. The van der Waals surface area contributed by atoms with E-state index in [9.17, 15) is 4.79 Å². The molecule has 0 atom stereocenters. The number of fused-ring (bicyclic) bond motifs is 1. The number of esters is 1. The van der Waals surface area contributed by atoms with Gasteiger partial charge >= 0.3 is 5.97 Å². The fourth-order valence-corrected chi connectivity index (χ4v) is 2.35. The fourth-order valence-electron chi connectivity index (χ4n) is 2.35. The van der Waals surface area contributed by atoms with Crippen LogP contribution in [0.5, 0.6) is 0 Å². The molecule has 4 nitrogen and oxygen atoms in total. The largest absolute Gasteiger partial charge is 0.466 e. The molecular weight excluding hydrogens is 278 g/mol. The van der Waals surface area contributed by atoms with Crippen LogP contribution >= 0.6 is 0 Å². The summed E-state index contributed by atoms with van der Waals surface area (Å²) in [5.41, 5.74) is 3.53. The molecule has 0 spiro atoms. The Bertz CT molecular complexity index is 777. The van der Waals surface area contributed by atoms with Crippen molar-refractivity contribution in [1.29, 1.82) is 0 Å². The van der Waals surface area contributed by atoms with Crippen LogP contribution in [0, 0.1) is 0 Å². The van der Waals surface area contributed by atoms with E-state index in [1.165, 1.54) is 0 Å². The molecule has 2 aromatic carbocycles. The Morgan fingerprint density at radius 1 is 1.14 bits per heavy atom. The van der Waals surface area contributed by atoms with Crippen molar-refractivity contribution in [2.24, 2.45) is 0 Å². The van der Waals surface area contributed by atoms with Gasteiger partial charge in [-0.2, -0.15) is 0 Å². The second kappa shape index (κ2) is 6.43. The lowest BCUT2D eigenvalue weighted by Gasteiger charge is -2.01. The summed E-state index contributed by atoms with van der Waals surface area (Å²) in [7, 11) is 0. The Balaban J connectivity index is 1.79. The van der Waals surface area contributed by atoms with Gasteiger partial charge in [0, 0.05) is 6.42 Å². The first-order valence-electron chi connectivity index (χ1n) is 7.32. The first-order valence-corrected chi connectivity index (χ1v) is 7.32. The highest BCUT2D eigenvalue weighted by atomic mass is 16.5. The summed E-state index contributed by atoms with van der Waals surface area (Å²) >= 11 is 0. The minimum atomic E-state index is -0.231. The molecule has 0 fully saturated rings. The normalized spacial score (nSPS) is 10.8. The van der Waals surface area contributed by atoms with Gasteiger partial charge in [0.15, 0.2) is 11.5 Å². The van der Waals surface area contributed by atoms with Crippen molar-refractivity contribution in [2.45, 2.75) is 19.8 Å². The second-order valence-corrected chi connectivity index (χ2v) is 5.05. The van der Waals surface area contributed by atoms with E-state index in [2.05, 4.69) is 4.98 Å². The molecule has 3 aromatic rings. The van der Waals surface area contributed by atoms with Crippen LogP contribution in [0.3, 0.4) is 0 Å². The summed E-state index contributed by atoms with van der Waals surface area (Å²) in [5, 5.41) is 0. The van der Waals surface area contributed by atoms with Crippen LogP contribution in [0.4, 0.5) is 0 Å². The van der Waals surface area contributed by atoms with E-state index in [1.54, 1.807) is 6.92 Å². The van der Waals surface area contributed by atoms with Gasteiger partial charge in [-0.25, -0.2) is 4.98 Å². The van der Waals surface area contributed by atoms with E-state index in [4.69, 9.17) is 9.15 Å². The summed E-state index contributed by atoms with van der Waals surface area (Å²) in [6.07, 6.45) is 0.904. The van der Waals surface area contributed by atoms with Gasteiger partial charge in [0.2, 0.25) is 0 Å².